The molecule has 6 nitrogen and oxygen atoms in total. The third-order valence-corrected chi connectivity index (χ3v) is 3.43. The fourth-order valence-electron chi connectivity index (χ4n) is 2.38. The average Bonchev–Trinajstić information content (AvgIpc) is 3.20. The molecular formula is C15H16N2O4. The summed E-state index contributed by atoms with van der Waals surface area (Å²) in [6, 6.07) is 11.0. The van der Waals surface area contributed by atoms with Crippen LogP contribution in [0, 0.1) is 0 Å². The van der Waals surface area contributed by atoms with Crippen LogP contribution in [0.15, 0.2) is 40.9 Å². The lowest BCUT2D eigenvalue weighted by Gasteiger charge is -2.27. The summed E-state index contributed by atoms with van der Waals surface area (Å²) in [7, 11) is 1.48. The highest BCUT2D eigenvalue weighted by atomic mass is 16.5. The standard InChI is InChI=1S/C15H16N2O4/c1-19-14-9-13(21-16-14)15(18)17(12-7-8-20-10-12)11-5-3-2-4-6-11/h2-6,9,12H,7-8,10H2,1H3. The van der Waals surface area contributed by atoms with E-state index in [1.165, 1.54) is 13.2 Å². The van der Waals surface area contributed by atoms with Gasteiger partial charge in [-0.2, -0.15) is 0 Å². The maximum absolute atomic E-state index is 12.7. The lowest BCUT2D eigenvalue weighted by Crippen LogP contribution is -2.40. The molecule has 0 bridgehead atoms. The molecule has 1 aliphatic rings. The minimum absolute atomic E-state index is 0.00371. The number of amides is 1. The predicted molar refractivity (Wildman–Crippen MR) is 75.5 cm³/mol. The maximum Gasteiger partial charge on any atom is 0.297 e. The van der Waals surface area contributed by atoms with E-state index >= 15 is 0 Å². The number of hydrogen-bond acceptors (Lipinski definition) is 5. The van der Waals surface area contributed by atoms with E-state index in [1.807, 2.05) is 30.3 Å². The molecule has 0 N–H and O–H groups in total. The van der Waals surface area contributed by atoms with Gasteiger partial charge in [0.25, 0.3) is 11.8 Å². The molecule has 110 valence electrons. The van der Waals surface area contributed by atoms with Crippen LogP contribution >= 0.6 is 0 Å². The summed E-state index contributed by atoms with van der Waals surface area (Å²) in [4.78, 5) is 14.4. The summed E-state index contributed by atoms with van der Waals surface area (Å²) in [5.74, 6) is 0.198. The van der Waals surface area contributed by atoms with Crippen molar-refractivity contribution in [2.45, 2.75) is 12.5 Å². The van der Waals surface area contributed by atoms with Gasteiger partial charge in [-0.25, -0.2) is 0 Å². The molecule has 3 rings (SSSR count). The summed E-state index contributed by atoms with van der Waals surface area (Å²) in [6.07, 6.45) is 0.798. The van der Waals surface area contributed by atoms with Gasteiger partial charge in [-0.05, 0) is 23.7 Å². The molecule has 2 aromatic rings. The minimum atomic E-state index is -0.243. The smallest absolute Gasteiger partial charge is 0.297 e. The second-order valence-corrected chi connectivity index (χ2v) is 4.76. The van der Waals surface area contributed by atoms with Crippen LogP contribution in [0.3, 0.4) is 0 Å². The van der Waals surface area contributed by atoms with E-state index in [1.54, 1.807) is 4.90 Å². The fourth-order valence-corrected chi connectivity index (χ4v) is 2.38. The first-order valence-electron chi connectivity index (χ1n) is 6.76. The molecule has 1 saturated heterocycles. The van der Waals surface area contributed by atoms with Crippen LogP contribution in [0.25, 0.3) is 0 Å². The highest BCUT2D eigenvalue weighted by Gasteiger charge is 2.31. The second kappa shape index (κ2) is 5.97. The Morgan fingerprint density at radius 2 is 2.19 bits per heavy atom. The Hall–Kier alpha value is -2.34. The molecule has 1 fully saturated rings. The Bertz CT molecular complexity index is 605. The summed E-state index contributed by atoms with van der Waals surface area (Å²) in [5.41, 5.74) is 0.813. The van der Waals surface area contributed by atoms with Crippen molar-refractivity contribution in [3.63, 3.8) is 0 Å². The van der Waals surface area contributed by atoms with Crippen LogP contribution in [-0.4, -0.2) is 37.4 Å². The van der Waals surface area contributed by atoms with E-state index in [9.17, 15) is 4.79 Å². The van der Waals surface area contributed by atoms with Gasteiger partial charge in [0.1, 0.15) is 0 Å². The van der Waals surface area contributed by atoms with Crippen molar-refractivity contribution in [2.24, 2.45) is 0 Å². The molecule has 1 aromatic carbocycles. The largest absolute Gasteiger partial charge is 0.479 e. The zero-order valence-electron chi connectivity index (χ0n) is 11.7. The zero-order chi connectivity index (χ0) is 14.7. The number of nitrogens with zero attached hydrogens (tertiary/aromatic N) is 2. The Kier molecular flexibility index (Phi) is 3.87. The Morgan fingerprint density at radius 3 is 2.81 bits per heavy atom. The number of rotatable bonds is 4. The normalized spacial score (nSPS) is 17.7. The number of para-hydroxylation sites is 1. The average molecular weight is 288 g/mol. The van der Waals surface area contributed by atoms with Crippen molar-refractivity contribution in [3.8, 4) is 5.88 Å². The molecular weight excluding hydrogens is 272 g/mol. The Labute approximate surface area is 122 Å². The van der Waals surface area contributed by atoms with Gasteiger partial charge in [0, 0.05) is 12.3 Å². The van der Waals surface area contributed by atoms with E-state index < -0.39 is 0 Å². The van der Waals surface area contributed by atoms with Crippen LogP contribution in [0.2, 0.25) is 0 Å². The quantitative estimate of drug-likeness (QED) is 0.862. The number of aromatic nitrogens is 1. The molecule has 1 atom stereocenters. The van der Waals surface area contributed by atoms with Crippen LogP contribution in [0.1, 0.15) is 17.0 Å². The third-order valence-electron chi connectivity index (χ3n) is 3.43. The predicted octanol–water partition coefficient (Wildman–Crippen LogP) is 2.12. The van der Waals surface area contributed by atoms with Crippen molar-refractivity contribution in [2.75, 3.05) is 25.2 Å². The molecule has 2 heterocycles. The molecule has 0 spiro atoms. The number of carbonyl (C=O) groups excluding carboxylic acids is 1. The molecule has 6 heteroatoms. The molecule has 1 unspecified atom stereocenters. The van der Waals surface area contributed by atoms with Gasteiger partial charge >= 0.3 is 0 Å². The van der Waals surface area contributed by atoms with E-state index in [-0.39, 0.29) is 23.6 Å². The highest BCUT2D eigenvalue weighted by Crippen LogP contribution is 2.25. The molecule has 1 amide bonds. The van der Waals surface area contributed by atoms with Crippen molar-refractivity contribution in [1.29, 1.82) is 0 Å². The van der Waals surface area contributed by atoms with Gasteiger partial charge in [0.15, 0.2) is 0 Å². The van der Waals surface area contributed by atoms with Crippen LogP contribution in [0.4, 0.5) is 5.69 Å². The van der Waals surface area contributed by atoms with Crippen molar-refractivity contribution in [1.82, 2.24) is 5.16 Å². The lowest BCUT2D eigenvalue weighted by atomic mass is 10.1. The Balaban J connectivity index is 1.92. The summed E-state index contributed by atoms with van der Waals surface area (Å²) in [6.45, 7) is 1.17. The van der Waals surface area contributed by atoms with Gasteiger partial charge in [-0.15, -0.1) is 0 Å². The first-order chi connectivity index (χ1) is 10.3. The number of hydrogen-bond donors (Lipinski definition) is 0. The van der Waals surface area contributed by atoms with Crippen LogP contribution in [-0.2, 0) is 4.74 Å². The topological polar surface area (TPSA) is 64.8 Å². The number of ether oxygens (including phenoxy) is 2. The van der Waals surface area contributed by atoms with Crippen LogP contribution < -0.4 is 9.64 Å². The van der Waals surface area contributed by atoms with Gasteiger partial charge in [0.05, 0.1) is 25.8 Å². The Morgan fingerprint density at radius 1 is 1.38 bits per heavy atom. The molecule has 0 aliphatic carbocycles. The summed E-state index contributed by atoms with van der Waals surface area (Å²) in [5, 5.41) is 3.68. The SMILES string of the molecule is COc1cc(C(=O)N(c2ccccc2)C2CCOC2)on1. The molecule has 0 saturated carbocycles. The van der Waals surface area contributed by atoms with E-state index in [0.717, 1.165) is 12.1 Å². The van der Waals surface area contributed by atoms with Crippen molar-refractivity contribution >= 4 is 11.6 Å². The van der Waals surface area contributed by atoms with Crippen LogP contribution in [0.5, 0.6) is 5.88 Å². The third kappa shape index (κ3) is 2.75. The molecule has 1 aliphatic heterocycles. The first-order valence-corrected chi connectivity index (χ1v) is 6.76. The number of anilines is 1. The van der Waals surface area contributed by atoms with Crippen molar-refractivity contribution in [3.05, 3.63) is 42.2 Å². The van der Waals surface area contributed by atoms with E-state index in [2.05, 4.69) is 5.16 Å². The summed E-state index contributed by atoms with van der Waals surface area (Å²) >= 11 is 0. The van der Waals surface area contributed by atoms with Gasteiger partial charge < -0.3 is 18.9 Å². The molecule has 0 radical (unpaired) electrons. The number of carbonyl (C=O) groups is 1. The summed E-state index contributed by atoms with van der Waals surface area (Å²) < 4.78 is 15.4. The molecule has 1 aromatic heterocycles. The number of methoxy groups -OCH3 is 1. The first kappa shape index (κ1) is 13.6. The fraction of sp³-hybridized carbons (Fsp3) is 0.333. The monoisotopic (exact) mass is 288 g/mol. The second-order valence-electron chi connectivity index (χ2n) is 4.76. The van der Waals surface area contributed by atoms with Gasteiger partial charge in [0.2, 0.25) is 5.76 Å². The van der Waals surface area contributed by atoms with Crippen molar-refractivity contribution < 1.29 is 18.8 Å². The van der Waals surface area contributed by atoms with Gasteiger partial charge in [-0.3, -0.25) is 4.79 Å². The number of benzene rings is 1. The maximum atomic E-state index is 12.7. The molecule has 21 heavy (non-hydrogen) atoms. The van der Waals surface area contributed by atoms with Gasteiger partial charge in [-0.1, -0.05) is 18.2 Å². The van der Waals surface area contributed by atoms with E-state index in [4.69, 9.17) is 14.0 Å². The highest BCUT2D eigenvalue weighted by molar-refractivity contribution is 6.04. The zero-order valence-corrected chi connectivity index (χ0v) is 11.7. The van der Waals surface area contributed by atoms with E-state index in [0.29, 0.717) is 13.2 Å². The lowest BCUT2D eigenvalue weighted by molar-refractivity contribution is 0.0935. The minimum Gasteiger partial charge on any atom is -0.479 e.